The number of hydrogen-bond acceptors (Lipinski definition) is 1. The van der Waals surface area contributed by atoms with E-state index in [1.54, 1.807) is 6.07 Å². The Hall–Kier alpha value is -0.890. The van der Waals surface area contributed by atoms with Gasteiger partial charge in [0, 0.05) is 6.04 Å². The summed E-state index contributed by atoms with van der Waals surface area (Å²) in [4.78, 5) is 0. The van der Waals surface area contributed by atoms with Crippen LogP contribution < -0.4 is 5.32 Å². The SMILES string of the molecule is CCCNC(CC1CC2CCC1C2)c1ccc(F)c(C)c1. The van der Waals surface area contributed by atoms with Crippen LogP contribution in [-0.2, 0) is 0 Å². The third-order valence-electron chi connectivity index (χ3n) is 5.65. The third kappa shape index (κ3) is 3.31. The molecule has 2 heteroatoms. The summed E-state index contributed by atoms with van der Waals surface area (Å²) < 4.78 is 13.5. The normalized spacial score (nSPS) is 29.0. The van der Waals surface area contributed by atoms with E-state index in [9.17, 15) is 4.39 Å². The topological polar surface area (TPSA) is 12.0 Å². The van der Waals surface area contributed by atoms with E-state index in [-0.39, 0.29) is 5.82 Å². The quantitative estimate of drug-likeness (QED) is 0.777. The fourth-order valence-corrected chi connectivity index (χ4v) is 4.51. The maximum absolute atomic E-state index is 13.5. The number of nitrogens with one attached hydrogen (secondary N) is 1. The number of fused-ring (bicyclic) bond motifs is 2. The van der Waals surface area contributed by atoms with E-state index in [4.69, 9.17) is 0 Å². The third-order valence-corrected chi connectivity index (χ3v) is 5.65. The molecule has 0 amide bonds. The Bertz CT molecular complexity index is 484. The lowest BCUT2D eigenvalue weighted by Crippen LogP contribution is -2.26. The van der Waals surface area contributed by atoms with Crippen LogP contribution in [0.25, 0.3) is 0 Å². The van der Waals surface area contributed by atoms with Gasteiger partial charge in [0.1, 0.15) is 5.82 Å². The van der Waals surface area contributed by atoms with Crippen LogP contribution in [0.1, 0.15) is 62.6 Å². The lowest BCUT2D eigenvalue weighted by molar-refractivity contribution is 0.279. The van der Waals surface area contributed by atoms with Crippen LogP contribution in [0.5, 0.6) is 0 Å². The van der Waals surface area contributed by atoms with E-state index in [1.807, 2.05) is 19.1 Å². The van der Waals surface area contributed by atoms with Gasteiger partial charge in [-0.1, -0.05) is 25.5 Å². The first-order valence-electron chi connectivity index (χ1n) is 8.66. The number of halogens is 1. The number of hydrogen-bond donors (Lipinski definition) is 1. The minimum atomic E-state index is -0.0899. The second-order valence-electron chi connectivity index (χ2n) is 7.19. The van der Waals surface area contributed by atoms with E-state index in [0.717, 1.165) is 36.3 Å². The van der Waals surface area contributed by atoms with Crippen molar-refractivity contribution in [3.63, 3.8) is 0 Å². The van der Waals surface area contributed by atoms with Gasteiger partial charge < -0.3 is 5.32 Å². The first-order chi connectivity index (χ1) is 10.2. The van der Waals surface area contributed by atoms with E-state index >= 15 is 0 Å². The summed E-state index contributed by atoms with van der Waals surface area (Å²) in [6, 6.07) is 6.04. The zero-order valence-corrected chi connectivity index (χ0v) is 13.4. The molecule has 2 bridgehead atoms. The lowest BCUT2D eigenvalue weighted by atomic mass is 9.82. The highest BCUT2D eigenvalue weighted by Gasteiger charge is 2.40. The van der Waals surface area contributed by atoms with Crippen LogP contribution in [-0.4, -0.2) is 6.54 Å². The van der Waals surface area contributed by atoms with E-state index in [2.05, 4.69) is 12.2 Å². The Kier molecular flexibility index (Phi) is 4.63. The van der Waals surface area contributed by atoms with Crippen LogP contribution in [0.2, 0.25) is 0 Å². The van der Waals surface area contributed by atoms with Gasteiger partial charge in [-0.3, -0.25) is 0 Å². The molecule has 2 fully saturated rings. The first kappa shape index (κ1) is 15.0. The first-order valence-corrected chi connectivity index (χ1v) is 8.66. The van der Waals surface area contributed by atoms with Crippen molar-refractivity contribution < 1.29 is 4.39 Å². The van der Waals surface area contributed by atoms with Crippen molar-refractivity contribution in [3.8, 4) is 0 Å². The summed E-state index contributed by atoms with van der Waals surface area (Å²) >= 11 is 0. The minimum Gasteiger partial charge on any atom is -0.310 e. The van der Waals surface area contributed by atoms with E-state index < -0.39 is 0 Å². The van der Waals surface area contributed by atoms with Crippen LogP contribution in [0.4, 0.5) is 4.39 Å². The molecular formula is C19H28FN. The largest absolute Gasteiger partial charge is 0.310 e. The summed E-state index contributed by atoms with van der Waals surface area (Å²) in [5, 5.41) is 3.70. The number of rotatable bonds is 6. The molecule has 3 rings (SSSR count). The van der Waals surface area contributed by atoms with Crippen molar-refractivity contribution in [1.29, 1.82) is 0 Å². The molecule has 2 saturated carbocycles. The standard InChI is InChI=1S/C19H28FN/c1-3-8-21-19(16-6-7-18(20)13(2)9-16)12-17-11-14-4-5-15(17)10-14/h6-7,9,14-15,17,19,21H,3-5,8,10-12H2,1-2H3. The highest BCUT2D eigenvalue weighted by atomic mass is 19.1. The average molecular weight is 289 g/mol. The predicted octanol–water partition coefficient (Wildman–Crippen LogP) is 5.00. The number of aryl methyl sites for hydroxylation is 1. The Morgan fingerprint density at radius 3 is 2.76 bits per heavy atom. The fourth-order valence-electron chi connectivity index (χ4n) is 4.51. The van der Waals surface area contributed by atoms with Crippen molar-refractivity contribution in [2.24, 2.45) is 17.8 Å². The predicted molar refractivity (Wildman–Crippen MR) is 85.7 cm³/mol. The van der Waals surface area contributed by atoms with Crippen LogP contribution in [0.3, 0.4) is 0 Å². The van der Waals surface area contributed by atoms with Crippen LogP contribution in [0, 0.1) is 30.5 Å². The molecular weight excluding hydrogens is 261 g/mol. The van der Waals surface area contributed by atoms with Gasteiger partial charge in [0.05, 0.1) is 0 Å². The summed E-state index contributed by atoms with van der Waals surface area (Å²) in [5.74, 6) is 2.75. The molecule has 0 radical (unpaired) electrons. The molecule has 0 aromatic heterocycles. The Morgan fingerprint density at radius 2 is 2.14 bits per heavy atom. The van der Waals surface area contributed by atoms with Gasteiger partial charge in [-0.2, -0.15) is 0 Å². The molecule has 21 heavy (non-hydrogen) atoms. The Balaban J connectivity index is 1.72. The zero-order valence-electron chi connectivity index (χ0n) is 13.4. The molecule has 1 aromatic rings. The maximum atomic E-state index is 13.5. The number of benzene rings is 1. The molecule has 0 saturated heterocycles. The van der Waals surface area contributed by atoms with Crippen LogP contribution >= 0.6 is 0 Å². The second kappa shape index (κ2) is 6.48. The van der Waals surface area contributed by atoms with E-state index in [1.165, 1.54) is 37.7 Å². The minimum absolute atomic E-state index is 0.0899. The molecule has 1 nitrogen and oxygen atoms in total. The molecule has 0 spiro atoms. The highest BCUT2D eigenvalue weighted by Crippen LogP contribution is 2.50. The van der Waals surface area contributed by atoms with Gasteiger partial charge >= 0.3 is 0 Å². The monoisotopic (exact) mass is 289 g/mol. The Labute approximate surface area is 128 Å². The maximum Gasteiger partial charge on any atom is 0.126 e. The lowest BCUT2D eigenvalue weighted by Gasteiger charge is -2.28. The van der Waals surface area contributed by atoms with Crippen molar-refractivity contribution in [2.75, 3.05) is 6.54 Å². The molecule has 0 aliphatic heterocycles. The summed E-state index contributed by atoms with van der Waals surface area (Å²) in [7, 11) is 0. The molecule has 116 valence electrons. The second-order valence-corrected chi connectivity index (χ2v) is 7.19. The average Bonchev–Trinajstić information content (AvgIpc) is 3.09. The van der Waals surface area contributed by atoms with Gasteiger partial charge in [-0.25, -0.2) is 4.39 Å². The molecule has 0 heterocycles. The van der Waals surface area contributed by atoms with Crippen molar-refractivity contribution in [2.45, 2.75) is 58.4 Å². The highest BCUT2D eigenvalue weighted by molar-refractivity contribution is 5.26. The van der Waals surface area contributed by atoms with Crippen molar-refractivity contribution >= 4 is 0 Å². The molecule has 2 aliphatic rings. The van der Waals surface area contributed by atoms with Gasteiger partial charge in [-0.05, 0) is 80.5 Å². The molecule has 4 atom stereocenters. The summed E-state index contributed by atoms with van der Waals surface area (Å²) in [6.07, 6.45) is 8.17. The summed E-state index contributed by atoms with van der Waals surface area (Å²) in [6.45, 7) is 5.12. The van der Waals surface area contributed by atoms with E-state index in [0.29, 0.717) is 6.04 Å². The van der Waals surface area contributed by atoms with Crippen LogP contribution in [0.15, 0.2) is 18.2 Å². The van der Waals surface area contributed by atoms with Gasteiger partial charge in [0.2, 0.25) is 0 Å². The van der Waals surface area contributed by atoms with Crippen molar-refractivity contribution in [3.05, 3.63) is 35.1 Å². The summed E-state index contributed by atoms with van der Waals surface area (Å²) in [5.41, 5.74) is 2.04. The van der Waals surface area contributed by atoms with Gasteiger partial charge in [-0.15, -0.1) is 0 Å². The fraction of sp³-hybridized carbons (Fsp3) is 0.684. The van der Waals surface area contributed by atoms with Gasteiger partial charge in [0.25, 0.3) is 0 Å². The van der Waals surface area contributed by atoms with Gasteiger partial charge in [0.15, 0.2) is 0 Å². The molecule has 1 N–H and O–H groups in total. The van der Waals surface area contributed by atoms with Crippen molar-refractivity contribution in [1.82, 2.24) is 5.32 Å². The molecule has 4 unspecified atom stereocenters. The molecule has 2 aliphatic carbocycles. The Morgan fingerprint density at radius 1 is 1.29 bits per heavy atom. The zero-order chi connectivity index (χ0) is 14.8. The molecule has 1 aromatic carbocycles. The smallest absolute Gasteiger partial charge is 0.126 e.